The molecule has 1 aromatic heterocycles. The van der Waals surface area contributed by atoms with E-state index in [0.717, 1.165) is 15.0 Å². The van der Waals surface area contributed by atoms with Crippen LogP contribution in [0.15, 0.2) is 0 Å². The van der Waals surface area contributed by atoms with Crippen LogP contribution in [0.2, 0.25) is 0 Å². The third kappa shape index (κ3) is 3.42. The van der Waals surface area contributed by atoms with Crippen LogP contribution in [0.5, 0.6) is 0 Å². The van der Waals surface area contributed by atoms with E-state index < -0.39 is 32.6 Å². The molecule has 7 heteroatoms. The molecule has 0 aromatic carbocycles. The predicted octanol–water partition coefficient (Wildman–Crippen LogP) is 1.67. The van der Waals surface area contributed by atoms with Crippen molar-refractivity contribution in [3.8, 4) is 0 Å². The molecule has 1 aromatic rings. The minimum atomic E-state index is -2.74. The van der Waals surface area contributed by atoms with E-state index in [1.165, 1.54) is 13.8 Å². The fourth-order valence-corrected chi connectivity index (χ4v) is 4.65. The van der Waals surface area contributed by atoms with Crippen molar-refractivity contribution in [1.29, 1.82) is 0 Å². The van der Waals surface area contributed by atoms with Gasteiger partial charge in [0.15, 0.2) is 0 Å². The molecule has 0 atom stereocenters. The maximum atomic E-state index is 11.0. The number of halogens is 1. The summed E-state index contributed by atoms with van der Waals surface area (Å²) < 4.78 is 12.7. The summed E-state index contributed by atoms with van der Waals surface area (Å²) in [6.07, 6.45) is 0. The molecule has 1 rings (SSSR count). The zero-order valence-corrected chi connectivity index (χ0v) is 12.6. The van der Waals surface area contributed by atoms with Crippen LogP contribution in [0.25, 0.3) is 0 Å². The van der Waals surface area contributed by atoms with E-state index >= 15 is 0 Å². The molecule has 0 aliphatic carbocycles. The molecule has 96 valence electrons. The number of rotatable bonds is 3. The summed E-state index contributed by atoms with van der Waals surface area (Å²) in [7, 11) is 1.79. The van der Waals surface area contributed by atoms with E-state index in [0.29, 0.717) is 0 Å². The van der Waals surface area contributed by atoms with Crippen molar-refractivity contribution < 1.29 is 15.7 Å². The van der Waals surface area contributed by atoms with Gasteiger partial charge in [0.1, 0.15) is 0 Å². The van der Waals surface area contributed by atoms with Crippen LogP contribution in [-0.2, 0) is 22.8 Å². The van der Waals surface area contributed by atoms with E-state index in [1.54, 1.807) is 18.7 Å². The van der Waals surface area contributed by atoms with Crippen LogP contribution in [0.1, 0.15) is 25.2 Å². The van der Waals surface area contributed by atoms with Crippen molar-refractivity contribution in [3.63, 3.8) is 0 Å². The number of hydrogen-bond acceptors (Lipinski definition) is 5. The van der Waals surface area contributed by atoms with Gasteiger partial charge in [0.25, 0.3) is 0 Å². The van der Waals surface area contributed by atoms with Gasteiger partial charge in [-0.1, -0.05) is 0 Å². The molecule has 0 aliphatic rings. The zero-order valence-electron chi connectivity index (χ0n) is 10.4. The summed E-state index contributed by atoms with van der Waals surface area (Å²) in [5.41, 5.74) is 1.59. The Balaban J connectivity index is 3.11. The molecule has 0 spiro atoms. The fourth-order valence-electron chi connectivity index (χ4n) is 1.26. The second-order valence-corrected chi connectivity index (χ2v) is 6.66. The molecule has 0 radical (unpaired) electrons. The summed E-state index contributed by atoms with van der Waals surface area (Å²) in [4.78, 5) is 22.1. The van der Waals surface area contributed by atoms with Gasteiger partial charge in [-0.15, -0.1) is 0 Å². The van der Waals surface area contributed by atoms with Gasteiger partial charge >= 0.3 is 108 Å². The second-order valence-electron chi connectivity index (χ2n) is 3.46. The average molecular weight is 354 g/mol. The SMILES string of the molecule is CC(=O)OI(OC(C)=O)c1c(C)nn(C)c1C. The normalized spacial score (nSPS) is 11.0. The second kappa shape index (κ2) is 5.48. The Hall–Kier alpha value is -1.12. The summed E-state index contributed by atoms with van der Waals surface area (Å²) in [5, 5.41) is 4.22. The Morgan fingerprint density at radius 2 is 1.65 bits per heavy atom. The number of carbonyl (C=O) groups excluding carboxylic acids is 2. The van der Waals surface area contributed by atoms with Gasteiger partial charge in [-0.05, 0) is 0 Å². The van der Waals surface area contributed by atoms with Gasteiger partial charge < -0.3 is 0 Å². The molecular weight excluding hydrogens is 339 g/mol. The van der Waals surface area contributed by atoms with Crippen molar-refractivity contribution in [1.82, 2.24) is 9.78 Å². The third-order valence-electron chi connectivity index (χ3n) is 1.93. The van der Waals surface area contributed by atoms with Crippen molar-refractivity contribution in [3.05, 3.63) is 15.0 Å². The van der Waals surface area contributed by atoms with Crippen LogP contribution in [0.3, 0.4) is 0 Å². The summed E-state index contributed by atoms with van der Waals surface area (Å²) in [6, 6.07) is 0. The van der Waals surface area contributed by atoms with Crippen molar-refractivity contribution in [2.24, 2.45) is 7.05 Å². The van der Waals surface area contributed by atoms with Gasteiger partial charge in [0, 0.05) is 0 Å². The van der Waals surface area contributed by atoms with Crippen LogP contribution < -0.4 is 0 Å². The summed E-state index contributed by atoms with van der Waals surface area (Å²) in [6.45, 7) is 6.26. The maximum absolute atomic E-state index is 11.0. The topological polar surface area (TPSA) is 70.4 Å². The van der Waals surface area contributed by atoms with E-state index in [-0.39, 0.29) is 0 Å². The van der Waals surface area contributed by atoms with Crippen molar-refractivity contribution >= 4 is 32.6 Å². The van der Waals surface area contributed by atoms with Crippen LogP contribution in [0.4, 0.5) is 0 Å². The van der Waals surface area contributed by atoms with Gasteiger partial charge in [0.05, 0.1) is 0 Å². The van der Waals surface area contributed by atoms with Crippen LogP contribution >= 0.6 is 20.6 Å². The number of nitrogens with zero attached hydrogens (tertiary/aromatic N) is 2. The number of hydrogen-bond donors (Lipinski definition) is 0. The quantitative estimate of drug-likeness (QED) is 0.773. The molecule has 0 fully saturated rings. The van der Waals surface area contributed by atoms with Crippen LogP contribution in [0, 0.1) is 17.4 Å². The van der Waals surface area contributed by atoms with E-state index in [9.17, 15) is 9.59 Å². The molecule has 0 N–H and O–H groups in total. The standard InChI is InChI=1S/C10H15IN2O4/c1-6-10(7(2)13(5)12-6)11(16-8(3)14)17-9(4)15/h1-5H3. The van der Waals surface area contributed by atoms with Gasteiger partial charge in [-0.25, -0.2) is 0 Å². The first-order valence-corrected chi connectivity index (χ1v) is 7.75. The Morgan fingerprint density at radius 3 is 1.94 bits per heavy atom. The van der Waals surface area contributed by atoms with E-state index in [2.05, 4.69) is 5.10 Å². The van der Waals surface area contributed by atoms with Gasteiger partial charge in [0.2, 0.25) is 0 Å². The average Bonchev–Trinajstić information content (AvgIpc) is 2.38. The molecule has 0 aliphatic heterocycles. The number of aromatic nitrogens is 2. The first-order valence-electron chi connectivity index (χ1n) is 4.91. The number of carbonyl (C=O) groups is 2. The molecule has 6 nitrogen and oxygen atoms in total. The van der Waals surface area contributed by atoms with E-state index in [1.807, 2.05) is 6.92 Å². The van der Waals surface area contributed by atoms with Gasteiger partial charge in [-0.3, -0.25) is 0 Å². The predicted molar refractivity (Wildman–Crippen MR) is 68.9 cm³/mol. The summed E-state index contributed by atoms with van der Waals surface area (Å²) in [5.74, 6) is -0.891. The Labute approximate surface area is 108 Å². The molecule has 0 saturated heterocycles. The summed E-state index contributed by atoms with van der Waals surface area (Å²) >= 11 is -2.74. The Morgan fingerprint density at radius 1 is 1.18 bits per heavy atom. The Bertz CT molecular complexity index is 439. The minimum absolute atomic E-state index is 0.445. The molecule has 0 saturated carbocycles. The molecule has 0 amide bonds. The van der Waals surface area contributed by atoms with E-state index in [4.69, 9.17) is 6.13 Å². The monoisotopic (exact) mass is 354 g/mol. The Kier molecular flexibility index (Phi) is 4.49. The first-order chi connectivity index (χ1) is 7.82. The zero-order chi connectivity index (χ0) is 13.2. The molecule has 17 heavy (non-hydrogen) atoms. The van der Waals surface area contributed by atoms with Crippen molar-refractivity contribution in [2.75, 3.05) is 0 Å². The fraction of sp³-hybridized carbons (Fsp3) is 0.500. The number of aryl methyl sites for hydroxylation is 2. The molecule has 0 unspecified atom stereocenters. The molecule has 0 bridgehead atoms. The van der Waals surface area contributed by atoms with Crippen LogP contribution in [-0.4, -0.2) is 21.7 Å². The van der Waals surface area contributed by atoms with Gasteiger partial charge in [-0.2, -0.15) is 0 Å². The molecular formula is C10H15IN2O4. The first kappa shape index (κ1) is 13.9. The third-order valence-corrected chi connectivity index (χ3v) is 6.41. The molecule has 1 heterocycles. The van der Waals surface area contributed by atoms with Crippen molar-refractivity contribution in [2.45, 2.75) is 27.7 Å².